The van der Waals surface area contributed by atoms with Crippen LogP contribution in [0.2, 0.25) is 0 Å². The Hall–Kier alpha value is -2.30. The molecule has 0 amide bonds. The van der Waals surface area contributed by atoms with Crippen molar-refractivity contribution in [3.8, 4) is 0 Å². The summed E-state index contributed by atoms with van der Waals surface area (Å²) in [6.07, 6.45) is 0. The Morgan fingerprint density at radius 2 is 1.85 bits per heavy atom. The van der Waals surface area contributed by atoms with E-state index in [2.05, 4.69) is 9.72 Å². The number of methoxy groups -OCH3 is 1. The molecule has 2 N–H and O–H groups in total. The van der Waals surface area contributed by atoms with Crippen molar-refractivity contribution in [1.82, 2.24) is 4.98 Å². The second kappa shape index (κ2) is 4.67. The predicted molar refractivity (Wildman–Crippen MR) is 75.3 cm³/mol. The number of carboxylic acids is 1. The van der Waals surface area contributed by atoms with Gasteiger partial charge >= 0.3 is 11.9 Å². The highest BCUT2D eigenvalue weighted by molar-refractivity contribution is 6.06. The third-order valence-corrected chi connectivity index (χ3v) is 3.24. The summed E-state index contributed by atoms with van der Waals surface area (Å²) in [6.45, 7) is 6.01. The van der Waals surface area contributed by atoms with Crippen LogP contribution in [0.1, 0.15) is 47.2 Å². The van der Waals surface area contributed by atoms with Crippen LogP contribution in [0.15, 0.2) is 18.2 Å². The number of fused-ring (bicyclic) bond motifs is 1. The van der Waals surface area contributed by atoms with Gasteiger partial charge in [-0.15, -0.1) is 0 Å². The molecule has 0 bridgehead atoms. The summed E-state index contributed by atoms with van der Waals surface area (Å²) in [5.41, 5.74) is 1.75. The zero-order valence-electron chi connectivity index (χ0n) is 11.9. The molecule has 0 aliphatic heterocycles. The van der Waals surface area contributed by atoms with E-state index < -0.39 is 11.9 Å². The van der Waals surface area contributed by atoms with Crippen molar-refractivity contribution in [3.05, 3.63) is 35.0 Å². The molecule has 0 saturated heterocycles. The van der Waals surface area contributed by atoms with Gasteiger partial charge in [0, 0.05) is 10.9 Å². The maximum atomic E-state index is 11.5. The first-order chi connectivity index (χ1) is 9.24. The quantitative estimate of drug-likeness (QED) is 0.826. The highest BCUT2D eigenvalue weighted by Crippen LogP contribution is 2.29. The van der Waals surface area contributed by atoms with Crippen LogP contribution in [0, 0.1) is 0 Å². The summed E-state index contributed by atoms with van der Waals surface area (Å²) < 4.78 is 4.65. The lowest BCUT2D eigenvalue weighted by Gasteiger charge is -2.19. The fourth-order valence-electron chi connectivity index (χ4n) is 2.07. The summed E-state index contributed by atoms with van der Waals surface area (Å²) in [4.78, 5) is 25.9. The molecule has 0 fully saturated rings. The Kier molecular flexibility index (Phi) is 3.29. The van der Waals surface area contributed by atoms with Gasteiger partial charge in [-0.25, -0.2) is 9.59 Å². The van der Waals surface area contributed by atoms with Crippen LogP contribution in [0.5, 0.6) is 0 Å². The minimum atomic E-state index is -1.02. The molecule has 106 valence electrons. The number of hydrogen-bond donors (Lipinski definition) is 2. The number of carbonyl (C=O) groups excluding carboxylic acids is 1. The van der Waals surface area contributed by atoms with Crippen molar-refractivity contribution in [2.45, 2.75) is 26.2 Å². The zero-order chi connectivity index (χ0) is 15.1. The van der Waals surface area contributed by atoms with E-state index >= 15 is 0 Å². The molecule has 0 radical (unpaired) electrons. The van der Waals surface area contributed by atoms with E-state index in [0.29, 0.717) is 10.9 Å². The molecule has 0 atom stereocenters. The Labute approximate surface area is 116 Å². The average molecular weight is 275 g/mol. The van der Waals surface area contributed by atoms with Gasteiger partial charge in [-0.05, 0) is 29.2 Å². The molecule has 5 heteroatoms. The van der Waals surface area contributed by atoms with Gasteiger partial charge in [0.1, 0.15) is 5.69 Å². The lowest BCUT2D eigenvalue weighted by molar-refractivity contribution is 0.0594. The van der Waals surface area contributed by atoms with Crippen LogP contribution in [0.25, 0.3) is 10.9 Å². The Morgan fingerprint density at radius 1 is 1.20 bits per heavy atom. The first-order valence-corrected chi connectivity index (χ1v) is 6.23. The number of ether oxygens (including phenoxy) is 1. The Bertz CT molecular complexity index is 692. The summed E-state index contributed by atoms with van der Waals surface area (Å²) in [5, 5.41) is 9.85. The van der Waals surface area contributed by atoms with Crippen molar-refractivity contribution in [1.29, 1.82) is 0 Å². The number of carbonyl (C=O) groups is 2. The number of benzene rings is 1. The first-order valence-electron chi connectivity index (χ1n) is 6.23. The smallest absolute Gasteiger partial charge is 0.354 e. The van der Waals surface area contributed by atoms with Crippen molar-refractivity contribution < 1.29 is 19.4 Å². The number of aromatic nitrogens is 1. The van der Waals surface area contributed by atoms with Gasteiger partial charge in [0.05, 0.1) is 12.7 Å². The van der Waals surface area contributed by atoms with E-state index in [4.69, 9.17) is 0 Å². The topological polar surface area (TPSA) is 79.4 Å². The van der Waals surface area contributed by atoms with Crippen LogP contribution >= 0.6 is 0 Å². The number of esters is 1. The fraction of sp³-hybridized carbons (Fsp3) is 0.333. The number of nitrogens with one attached hydrogen (secondary N) is 1. The highest BCUT2D eigenvalue weighted by atomic mass is 16.5. The summed E-state index contributed by atoms with van der Waals surface area (Å²) >= 11 is 0. The third kappa shape index (κ3) is 2.39. The second-order valence-corrected chi connectivity index (χ2v) is 5.71. The van der Waals surface area contributed by atoms with Gasteiger partial charge in [0.2, 0.25) is 0 Å². The van der Waals surface area contributed by atoms with Crippen LogP contribution in [-0.4, -0.2) is 29.1 Å². The van der Waals surface area contributed by atoms with Crippen LogP contribution in [0.3, 0.4) is 0 Å². The van der Waals surface area contributed by atoms with Gasteiger partial charge in [-0.3, -0.25) is 0 Å². The number of rotatable bonds is 2. The van der Waals surface area contributed by atoms with Crippen LogP contribution in [0.4, 0.5) is 0 Å². The minimum absolute atomic E-state index is 0.179. The molecule has 1 heterocycles. The van der Waals surface area contributed by atoms with Crippen LogP contribution in [-0.2, 0) is 10.2 Å². The largest absolute Gasteiger partial charge is 0.478 e. The normalized spacial score (nSPS) is 11.6. The molecule has 1 aromatic heterocycles. The number of carboxylic acid groups (broad SMARTS) is 1. The summed E-state index contributed by atoms with van der Waals surface area (Å²) in [5.74, 6) is -1.54. The van der Waals surface area contributed by atoms with E-state index in [9.17, 15) is 14.7 Å². The van der Waals surface area contributed by atoms with Gasteiger partial charge in [0.25, 0.3) is 0 Å². The van der Waals surface area contributed by atoms with Crippen molar-refractivity contribution >= 4 is 22.8 Å². The molecular formula is C15H17NO4. The molecule has 0 spiro atoms. The van der Waals surface area contributed by atoms with Crippen molar-refractivity contribution in [2.75, 3.05) is 7.11 Å². The Balaban J connectivity index is 2.75. The zero-order valence-corrected chi connectivity index (χ0v) is 11.9. The van der Waals surface area contributed by atoms with Crippen molar-refractivity contribution in [2.24, 2.45) is 0 Å². The van der Waals surface area contributed by atoms with Gasteiger partial charge in [-0.2, -0.15) is 0 Å². The van der Waals surface area contributed by atoms with Crippen molar-refractivity contribution in [3.63, 3.8) is 0 Å². The number of aromatic amines is 1. The SMILES string of the molecule is COC(=O)c1cc2c(C(=O)O)cc(C(C)(C)C)cc2[nH]1. The maximum Gasteiger partial charge on any atom is 0.354 e. The molecule has 2 rings (SSSR count). The van der Waals surface area contributed by atoms with Crippen LogP contribution < -0.4 is 0 Å². The molecule has 5 nitrogen and oxygen atoms in total. The number of hydrogen-bond acceptors (Lipinski definition) is 3. The molecule has 2 aromatic rings. The van der Waals surface area contributed by atoms with Gasteiger partial charge < -0.3 is 14.8 Å². The van der Waals surface area contributed by atoms with E-state index in [1.807, 2.05) is 26.8 Å². The van der Waals surface area contributed by atoms with E-state index in [0.717, 1.165) is 5.56 Å². The molecule has 0 aliphatic rings. The summed E-state index contributed by atoms with van der Waals surface area (Å²) in [7, 11) is 1.28. The number of aromatic carboxylic acids is 1. The standard InChI is InChI=1S/C15H17NO4/c1-15(2,3)8-5-10(13(17)18)9-7-12(14(19)20-4)16-11(9)6-8/h5-7,16H,1-4H3,(H,17,18). The third-order valence-electron chi connectivity index (χ3n) is 3.24. The lowest BCUT2D eigenvalue weighted by atomic mass is 9.85. The molecule has 1 aromatic carbocycles. The van der Waals surface area contributed by atoms with Gasteiger partial charge in [0.15, 0.2) is 0 Å². The molecular weight excluding hydrogens is 258 g/mol. The van der Waals surface area contributed by atoms with Gasteiger partial charge in [-0.1, -0.05) is 20.8 Å². The molecule has 0 saturated carbocycles. The fourth-order valence-corrected chi connectivity index (χ4v) is 2.07. The minimum Gasteiger partial charge on any atom is -0.478 e. The van der Waals surface area contributed by atoms with E-state index in [1.165, 1.54) is 13.2 Å². The summed E-state index contributed by atoms with van der Waals surface area (Å²) in [6, 6.07) is 5.03. The highest BCUT2D eigenvalue weighted by Gasteiger charge is 2.21. The second-order valence-electron chi connectivity index (χ2n) is 5.71. The molecule has 0 aliphatic carbocycles. The average Bonchev–Trinajstić information content (AvgIpc) is 2.78. The number of H-pyrrole nitrogens is 1. The Morgan fingerprint density at radius 3 is 2.35 bits per heavy atom. The lowest BCUT2D eigenvalue weighted by Crippen LogP contribution is -2.12. The monoisotopic (exact) mass is 275 g/mol. The first kappa shape index (κ1) is 14.1. The van der Waals surface area contributed by atoms with E-state index in [1.54, 1.807) is 6.07 Å². The maximum absolute atomic E-state index is 11.5. The van der Waals surface area contributed by atoms with E-state index in [-0.39, 0.29) is 16.7 Å². The molecule has 0 unspecified atom stereocenters. The predicted octanol–water partition coefficient (Wildman–Crippen LogP) is 2.95. The molecule has 20 heavy (non-hydrogen) atoms.